The van der Waals surface area contributed by atoms with Crippen molar-refractivity contribution in [3.05, 3.63) is 48.0 Å². The maximum absolute atomic E-state index is 12.5. The topological polar surface area (TPSA) is 88.4 Å². The first-order valence-electron chi connectivity index (χ1n) is 8.08. The van der Waals surface area contributed by atoms with Crippen molar-refractivity contribution >= 4 is 5.78 Å². The summed E-state index contributed by atoms with van der Waals surface area (Å²) < 4.78 is 16.1. The van der Waals surface area contributed by atoms with Gasteiger partial charge in [0.1, 0.15) is 25.5 Å². The van der Waals surface area contributed by atoms with Crippen LogP contribution in [0.2, 0.25) is 0 Å². The minimum Gasteiger partial charge on any atom is -0.497 e. The summed E-state index contributed by atoms with van der Waals surface area (Å²) in [6, 6.07) is 12.4. The number of ketones is 1. The zero-order chi connectivity index (χ0) is 17.9. The average molecular weight is 352 g/mol. The van der Waals surface area contributed by atoms with E-state index in [1.54, 1.807) is 25.3 Å². The Kier molecular flexibility index (Phi) is 4.22. The van der Waals surface area contributed by atoms with Crippen LogP contribution in [-0.4, -0.2) is 46.3 Å². The Hall–Kier alpha value is -3.42. The number of tetrazole rings is 1. The van der Waals surface area contributed by atoms with E-state index in [9.17, 15) is 4.79 Å². The van der Waals surface area contributed by atoms with Crippen molar-refractivity contribution in [1.82, 2.24) is 20.2 Å². The Morgan fingerprint density at radius 1 is 1.12 bits per heavy atom. The number of methoxy groups -OCH3 is 1. The predicted octanol–water partition coefficient (Wildman–Crippen LogP) is 2.00. The van der Waals surface area contributed by atoms with Crippen molar-refractivity contribution in [3.8, 4) is 28.6 Å². The third-order valence-corrected chi connectivity index (χ3v) is 3.95. The summed E-state index contributed by atoms with van der Waals surface area (Å²) >= 11 is 0. The van der Waals surface area contributed by atoms with E-state index in [0.717, 1.165) is 11.3 Å². The lowest BCUT2D eigenvalue weighted by atomic mass is 10.1. The van der Waals surface area contributed by atoms with Gasteiger partial charge in [0, 0.05) is 11.1 Å². The zero-order valence-electron chi connectivity index (χ0n) is 14.1. The first-order chi connectivity index (χ1) is 12.7. The fourth-order valence-electron chi connectivity index (χ4n) is 2.60. The Balaban J connectivity index is 1.49. The van der Waals surface area contributed by atoms with E-state index in [0.29, 0.717) is 36.1 Å². The third kappa shape index (κ3) is 3.21. The molecule has 0 saturated heterocycles. The van der Waals surface area contributed by atoms with Crippen LogP contribution in [0.4, 0.5) is 0 Å². The number of hydrogen-bond acceptors (Lipinski definition) is 7. The van der Waals surface area contributed by atoms with Gasteiger partial charge in [0.2, 0.25) is 5.82 Å². The summed E-state index contributed by atoms with van der Waals surface area (Å²) in [5.41, 5.74) is 1.31. The number of carbonyl (C=O) groups excluding carboxylic acids is 1. The van der Waals surface area contributed by atoms with Crippen LogP contribution in [0, 0.1) is 0 Å². The van der Waals surface area contributed by atoms with Crippen molar-refractivity contribution in [3.63, 3.8) is 0 Å². The molecule has 0 bridgehead atoms. The standard InChI is InChI=1S/C18H16N4O4/c1-24-14-5-2-12(3-6-14)18-19-21-22(20-18)11-15(23)13-4-7-16-17(10-13)26-9-8-25-16/h2-7,10H,8-9,11H2,1H3. The Labute approximate surface area is 149 Å². The van der Waals surface area contributed by atoms with Crippen molar-refractivity contribution in [1.29, 1.82) is 0 Å². The SMILES string of the molecule is COc1ccc(-c2nnn(CC(=O)c3ccc4c(c3)OCCO4)n2)cc1. The number of benzene rings is 2. The first kappa shape index (κ1) is 16.1. The van der Waals surface area contributed by atoms with Gasteiger partial charge in [-0.1, -0.05) is 0 Å². The summed E-state index contributed by atoms with van der Waals surface area (Å²) in [5.74, 6) is 2.28. The van der Waals surface area contributed by atoms with Crippen LogP contribution in [0.1, 0.15) is 10.4 Å². The highest BCUT2D eigenvalue weighted by molar-refractivity contribution is 5.96. The van der Waals surface area contributed by atoms with Gasteiger partial charge >= 0.3 is 0 Å². The van der Waals surface area contributed by atoms with Crippen LogP contribution in [0.5, 0.6) is 17.2 Å². The summed E-state index contributed by atoms with van der Waals surface area (Å²) in [4.78, 5) is 13.8. The van der Waals surface area contributed by atoms with E-state index in [4.69, 9.17) is 14.2 Å². The molecule has 2 aromatic carbocycles. The van der Waals surface area contributed by atoms with Gasteiger partial charge in [-0.25, -0.2) is 0 Å². The first-order valence-corrected chi connectivity index (χ1v) is 8.08. The molecule has 4 rings (SSSR count). The summed E-state index contributed by atoms with van der Waals surface area (Å²) in [7, 11) is 1.60. The molecule has 0 fully saturated rings. The lowest BCUT2D eigenvalue weighted by Gasteiger charge is -2.18. The third-order valence-electron chi connectivity index (χ3n) is 3.95. The quantitative estimate of drug-likeness (QED) is 0.649. The average Bonchev–Trinajstić information content (AvgIpc) is 3.16. The fraction of sp³-hybridized carbons (Fsp3) is 0.222. The zero-order valence-corrected chi connectivity index (χ0v) is 14.1. The largest absolute Gasteiger partial charge is 0.497 e. The van der Waals surface area contributed by atoms with Gasteiger partial charge < -0.3 is 14.2 Å². The smallest absolute Gasteiger partial charge is 0.204 e. The van der Waals surface area contributed by atoms with Gasteiger partial charge in [0.25, 0.3) is 0 Å². The Morgan fingerprint density at radius 2 is 1.88 bits per heavy atom. The molecule has 0 spiro atoms. The van der Waals surface area contributed by atoms with Gasteiger partial charge in [-0.3, -0.25) is 4.79 Å². The Morgan fingerprint density at radius 3 is 2.65 bits per heavy atom. The lowest BCUT2D eigenvalue weighted by molar-refractivity contribution is 0.0960. The lowest BCUT2D eigenvalue weighted by Crippen LogP contribution is -2.17. The molecule has 1 aromatic heterocycles. The molecule has 0 N–H and O–H groups in total. The van der Waals surface area contributed by atoms with E-state index in [-0.39, 0.29) is 12.3 Å². The number of Topliss-reactive ketones (excluding diaryl/α,β-unsaturated/α-hetero) is 1. The van der Waals surface area contributed by atoms with Crippen LogP contribution >= 0.6 is 0 Å². The number of nitrogens with zero attached hydrogens (tertiary/aromatic N) is 4. The molecule has 0 atom stereocenters. The summed E-state index contributed by atoms with van der Waals surface area (Å²) in [5, 5.41) is 12.2. The van der Waals surface area contributed by atoms with Gasteiger partial charge in [0.15, 0.2) is 17.3 Å². The van der Waals surface area contributed by atoms with E-state index in [1.807, 2.05) is 24.3 Å². The van der Waals surface area contributed by atoms with Gasteiger partial charge in [-0.15, -0.1) is 10.2 Å². The van der Waals surface area contributed by atoms with Crippen LogP contribution in [-0.2, 0) is 6.54 Å². The highest BCUT2D eigenvalue weighted by Gasteiger charge is 2.16. The highest BCUT2D eigenvalue weighted by atomic mass is 16.6. The van der Waals surface area contributed by atoms with Crippen molar-refractivity contribution in [2.45, 2.75) is 6.54 Å². The predicted molar refractivity (Wildman–Crippen MR) is 91.6 cm³/mol. The summed E-state index contributed by atoms with van der Waals surface area (Å²) in [6.07, 6.45) is 0. The fourth-order valence-corrected chi connectivity index (χ4v) is 2.60. The summed E-state index contributed by atoms with van der Waals surface area (Å²) in [6.45, 7) is 0.973. The molecule has 0 unspecified atom stereocenters. The number of ether oxygens (including phenoxy) is 3. The number of carbonyl (C=O) groups is 1. The number of aromatic nitrogens is 4. The number of fused-ring (bicyclic) bond motifs is 1. The van der Waals surface area contributed by atoms with Gasteiger partial charge in [-0.2, -0.15) is 4.80 Å². The molecule has 3 aromatic rings. The second kappa shape index (κ2) is 6.83. The van der Waals surface area contributed by atoms with Crippen LogP contribution in [0.3, 0.4) is 0 Å². The molecule has 132 valence electrons. The monoisotopic (exact) mass is 352 g/mol. The number of rotatable bonds is 5. The molecule has 0 saturated carbocycles. The molecule has 1 aliphatic heterocycles. The maximum Gasteiger partial charge on any atom is 0.204 e. The second-order valence-corrected chi connectivity index (χ2v) is 5.65. The molecule has 0 amide bonds. The molecule has 0 radical (unpaired) electrons. The molecule has 26 heavy (non-hydrogen) atoms. The van der Waals surface area contributed by atoms with Gasteiger partial charge in [0.05, 0.1) is 7.11 Å². The van der Waals surface area contributed by atoms with Crippen molar-refractivity contribution in [2.24, 2.45) is 0 Å². The van der Waals surface area contributed by atoms with E-state index >= 15 is 0 Å². The Bertz CT molecular complexity index is 937. The minimum absolute atomic E-state index is 0.0111. The molecule has 0 aliphatic carbocycles. The number of hydrogen-bond donors (Lipinski definition) is 0. The highest BCUT2D eigenvalue weighted by Crippen LogP contribution is 2.31. The van der Waals surface area contributed by atoms with Crippen LogP contribution < -0.4 is 14.2 Å². The molecule has 1 aliphatic rings. The molecule has 8 nitrogen and oxygen atoms in total. The molecule has 2 heterocycles. The minimum atomic E-state index is -0.138. The van der Waals surface area contributed by atoms with E-state index < -0.39 is 0 Å². The van der Waals surface area contributed by atoms with Crippen LogP contribution in [0.15, 0.2) is 42.5 Å². The molecular formula is C18H16N4O4. The van der Waals surface area contributed by atoms with Crippen molar-refractivity contribution < 1.29 is 19.0 Å². The van der Waals surface area contributed by atoms with E-state index in [1.165, 1.54) is 4.80 Å². The normalized spacial score (nSPS) is 12.7. The van der Waals surface area contributed by atoms with Gasteiger partial charge in [-0.05, 0) is 47.7 Å². The molecule has 8 heteroatoms. The molecular weight excluding hydrogens is 336 g/mol. The van der Waals surface area contributed by atoms with Crippen molar-refractivity contribution in [2.75, 3.05) is 20.3 Å². The van der Waals surface area contributed by atoms with E-state index in [2.05, 4.69) is 15.4 Å². The maximum atomic E-state index is 12.5. The van der Waals surface area contributed by atoms with Crippen LogP contribution in [0.25, 0.3) is 11.4 Å². The second-order valence-electron chi connectivity index (χ2n) is 5.65.